The van der Waals surface area contributed by atoms with Crippen molar-refractivity contribution < 1.29 is 17.9 Å². The molecule has 0 bridgehead atoms. The topological polar surface area (TPSA) is 92.8 Å². The summed E-state index contributed by atoms with van der Waals surface area (Å²) < 4.78 is 30.1. The molecule has 0 aliphatic heterocycles. The molecule has 2 rings (SSSR count). The van der Waals surface area contributed by atoms with Crippen LogP contribution in [0.25, 0.3) is 11.5 Å². The van der Waals surface area contributed by atoms with Gasteiger partial charge in [-0.05, 0) is 18.2 Å². The molecule has 20 heavy (non-hydrogen) atoms. The molecule has 1 heterocycles. The normalized spacial score (nSPS) is 12.2. The Hall–Kier alpha value is -1.57. The lowest BCUT2D eigenvalue weighted by molar-refractivity contribution is 0.337. The zero-order valence-electron chi connectivity index (χ0n) is 10.0. The predicted molar refractivity (Wildman–Crippen MR) is 76.1 cm³/mol. The van der Waals surface area contributed by atoms with Crippen LogP contribution >= 0.6 is 23.2 Å². The minimum absolute atomic E-state index is 0.0434. The Morgan fingerprint density at radius 1 is 1.30 bits per heavy atom. The van der Waals surface area contributed by atoms with Gasteiger partial charge in [0, 0.05) is 15.6 Å². The molecular weight excluding hydrogens is 327 g/mol. The Balaban J connectivity index is 2.43. The van der Waals surface area contributed by atoms with E-state index >= 15 is 0 Å². The molecular formula is C11H8Cl2N2O4S. The number of oxazole rings is 1. The van der Waals surface area contributed by atoms with Crippen molar-refractivity contribution in [3.05, 3.63) is 33.9 Å². The third-order valence-electron chi connectivity index (χ3n) is 2.11. The molecule has 2 aromatic rings. The van der Waals surface area contributed by atoms with Gasteiger partial charge in [0.25, 0.3) is 0 Å². The van der Waals surface area contributed by atoms with E-state index in [-0.39, 0.29) is 11.6 Å². The van der Waals surface area contributed by atoms with Crippen LogP contribution < -0.4 is 0 Å². The van der Waals surface area contributed by atoms with Gasteiger partial charge in [-0.1, -0.05) is 23.2 Å². The third-order valence-corrected chi connectivity index (χ3v) is 3.04. The van der Waals surface area contributed by atoms with E-state index in [0.29, 0.717) is 15.6 Å². The summed E-state index contributed by atoms with van der Waals surface area (Å²) in [4.78, 5) is 3.92. The summed E-state index contributed by atoms with van der Waals surface area (Å²) in [5.74, 6) is -0.509. The molecule has 106 valence electrons. The van der Waals surface area contributed by atoms with Crippen LogP contribution in [0.5, 0.6) is 5.95 Å². The van der Waals surface area contributed by atoms with Gasteiger partial charge in [0.1, 0.15) is 0 Å². The van der Waals surface area contributed by atoms with Crippen molar-refractivity contribution in [2.24, 2.45) is 4.40 Å². The first-order valence-corrected chi connectivity index (χ1v) is 7.76. The number of hydrogen-bond acceptors (Lipinski definition) is 5. The number of rotatable bonds is 3. The fourth-order valence-electron chi connectivity index (χ4n) is 1.35. The quantitative estimate of drug-likeness (QED) is 0.871. The third kappa shape index (κ3) is 3.72. The molecule has 0 fully saturated rings. The Labute approximate surface area is 124 Å². The van der Waals surface area contributed by atoms with Crippen LogP contribution in [0.1, 0.15) is 5.69 Å². The van der Waals surface area contributed by atoms with E-state index in [9.17, 15) is 13.5 Å². The average molecular weight is 335 g/mol. The van der Waals surface area contributed by atoms with Crippen LogP contribution in [0.2, 0.25) is 10.0 Å². The van der Waals surface area contributed by atoms with Gasteiger partial charge in [0.2, 0.25) is 15.9 Å². The van der Waals surface area contributed by atoms with E-state index in [1.54, 1.807) is 0 Å². The Morgan fingerprint density at radius 3 is 2.45 bits per heavy atom. The van der Waals surface area contributed by atoms with Crippen molar-refractivity contribution >= 4 is 39.4 Å². The van der Waals surface area contributed by atoms with Crippen LogP contribution in [0.15, 0.2) is 27.0 Å². The van der Waals surface area contributed by atoms with E-state index in [4.69, 9.17) is 27.6 Å². The number of aromatic hydroxyl groups is 1. The van der Waals surface area contributed by atoms with E-state index in [1.807, 2.05) is 0 Å². The number of hydrogen-bond donors (Lipinski definition) is 1. The summed E-state index contributed by atoms with van der Waals surface area (Å²) >= 11 is 11.7. The molecule has 6 nitrogen and oxygen atoms in total. The van der Waals surface area contributed by atoms with Crippen molar-refractivity contribution in [1.29, 1.82) is 0 Å². The summed E-state index contributed by atoms with van der Waals surface area (Å²) in [5, 5.41) is 10.3. The molecule has 0 amide bonds. The number of benzene rings is 1. The molecule has 9 heteroatoms. The molecule has 0 unspecified atom stereocenters. The number of halogens is 2. The van der Waals surface area contributed by atoms with E-state index < -0.39 is 16.0 Å². The Morgan fingerprint density at radius 2 is 1.90 bits per heavy atom. The maximum Gasteiger partial charge on any atom is 0.312 e. The summed E-state index contributed by atoms with van der Waals surface area (Å²) in [6, 6.07) is 4.60. The first-order valence-electron chi connectivity index (χ1n) is 5.16. The minimum Gasteiger partial charge on any atom is -0.479 e. The molecule has 0 aliphatic rings. The number of aromatic nitrogens is 1. The highest BCUT2D eigenvalue weighted by Gasteiger charge is 2.14. The second-order valence-corrected chi connectivity index (χ2v) is 6.38. The van der Waals surface area contributed by atoms with Crippen molar-refractivity contribution in [3.63, 3.8) is 0 Å². The van der Waals surface area contributed by atoms with Crippen LogP contribution in [0, 0.1) is 0 Å². The van der Waals surface area contributed by atoms with Crippen molar-refractivity contribution in [3.8, 4) is 17.4 Å². The molecule has 1 N–H and O–H groups in total. The standard InChI is InChI=1S/C11H8Cl2N2O4S/c1-20(17,18)14-5-9-11(16)19-10(15-9)6-2-7(12)4-8(13)3-6/h2-5,16H,1H3. The zero-order valence-corrected chi connectivity index (χ0v) is 12.4. The fourth-order valence-corrected chi connectivity index (χ4v) is 2.17. The van der Waals surface area contributed by atoms with Crippen molar-refractivity contribution in [2.45, 2.75) is 0 Å². The lowest BCUT2D eigenvalue weighted by atomic mass is 10.2. The smallest absolute Gasteiger partial charge is 0.312 e. The van der Waals surface area contributed by atoms with Gasteiger partial charge in [-0.25, -0.2) is 13.4 Å². The van der Waals surface area contributed by atoms with Gasteiger partial charge >= 0.3 is 5.95 Å². The SMILES string of the molecule is CS(=O)(=O)N=Cc1nc(-c2cc(Cl)cc(Cl)c2)oc1O. The fraction of sp³-hybridized carbons (Fsp3) is 0.0909. The van der Waals surface area contributed by atoms with Crippen LogP contribution in [-0.4, -0.2) is 31.0 Å². The van der Waals surface area contributed by atoms with Crippen LogP contribution in [0.3, 0.4) is 0 Å². The van der Waals surface area contributed by atoms with Gasteiger partial charge in [0.15, 0.2) is 5.69 Å². The molecule has 0 atom stereocenters. The lowest BCUT2D eigenvalue weighted by Crippen LogP contribution is -1.92. The largest absolute Gasteiger partial charge is 0.479 e. The van der Waals surface area contributed by atoms with Gasteiger partial charge < -0.3 is 9.52 Å². The summed E-state index contributed by atoms with van der Waals surface area (Å²) in [5.41, 5.74) is 0.332. The highest BCUT2D eigenvalue weighted by atomic mass is 35.5. The van der Waals surface area contributed by atoms with Crippen molar-refractivity contribution in [2.75, 3.05) is 6.26 Å². The summed E-state index contributed by atoms with van der Waals surface area (Å²) in [6.07, 6.45) is 1.81. The second kappa shape index (κ2) is 5.43. The minimum atomic E-state index is -3.57. The molecule has 0 spiro atoms. The van der Waals surface area contributed by atoms with Gasteiger partial charge in [-0.15, -0.1) is 0 Å². The molecule has 0 saturated carbocycles. The zero-order chi connectivity index (χ0) is 14.9. The van der Waals surface area contributed by atoms with E-state index in [2.05, 4.69) is 9.38 Å². The Kier molecular flexibility index (Phi) is 4.03. The molecule has 1 aromatic heterocycles. The van der Waals surface area contributed by atoms with Crippen LogP contribution in [-0.2, 0) is 10.0 Å². The highest BCUT2D eigenvalue weighted by Crippen LogP contribution is 2.29. The van der Waals surface area contributed by atoms with Gasteiger partial charge in [-0.3, -0.25) is 0 Å². The summed E-state index contributed by atoms with van der Waals surface area (Å²) in [6.45, 7) is 0. The second-order valence-electron chi connectivity index (χ2n) is 3.84. The first-order chi connectivity index (χ1) is 9.24. The average Bonchev–Trinajstić information content (AvgIpc) is 2.66. The molecule has 1 aromatic carbocycles. The molecule has 0 saturated heterocycles. The Bertz CT molecular complexity index is 763. The van der Waals surface area contributed by atoms with Gasteiger partial charge in [-0.2, -0.15) is 4.40 Å². The monoisotopic (exact) mass is 334 g/mol. The molecule has 0 aliphatic carbocycles. The summed E-state index contributed by atoms with van der Waals surface area (Å²) in [7, 11) is -3.57. The first kappa shape index (κ1) is 14.8. The van der Waals surface area contributed by atoms with E-state index in [1.165, 1.54) is 18.2 Å². The van der Waals surface area contributed by atoms with E-state index in [0.717, 1.165) is 12.5 Å². The number of nitrogens with zero attached hydrogens (tertiary/aromatic N) is 2. The predicted octanol–water partition coefficient (Wildman–Crippen LogP) is 2.73. The lowest BCUT2D eigenvalue weighted by Gasteiger charge is -1.97. The van der Waals surface area contributed by atoms with Crippen LogP contribution in [0.4, 0.5) is 0 Å². The molecule has 0 radical (unpaired) electrons. The maximum atomic E-state index is 10.9. The van der Waals surface area contributed by atoms with Crippen molar-refractivity contribution in [1.82, 2.24) is 4.98 Å². The highest BCUT2D eigenvalue weighted by molar-refractivity contribution is 7.89. The number of sulfonamides is 1. The van der Waals surface area contributed by atoms with Gasteiger partial charge in [0.05, 0.1) is 12.5 Å². The maximum absolute atomic E-state index is 10.9.